The number of hydrogen-bond donors (Lipinski definition) is 3. The Bertz CT molecular complexity index is 1060. The van der Waals surface area contributed by atoms with E-state index in [1.165, 1.54) is 14.2 Å². The number of esters is 1. The molecular weight excluding hydrogens is 342 g/mol. The minimum absolute atomic E-state index is 0.0330. The van der Waals surface area contributed by atoms with Crippen molar-refractivity contribution in [2.45, 2.75) is 5.92 Å². The van der Waals surface area contributed by atoms with E-state index >= 15 is 0 Å². The summed E-state index contributed by atoms with van der Waals surface area (Å²) in [5.41, 5.74) is 0.316. The lowest BCUT2D eigenvalue weighted by Crippen LogP contribution is -2.33. The lowest BCUT2D eigenvalue weighted by molar-refractivity contribution is -0.136. The molecule has 0 spiro atoms. The minimum atomic E-state index is -0.776. The Morgan fingerprint density at radius 3 is 2.65 bits per heavy atom. The lowest BCUT2D eigenvalue weighted by Gasteiger charge is -2.26. The van der Waals surface area contributed by atoms with Crippen LogP contribution in [0.2, 0.25) is 0 Å². The van der Waals surface area contributed by atoms with Gasteiger partial charge in [-0.15, -0.1) is 0 Å². The topological polar surface area (TPSA) is 123 Å². The summed E-state index contributed by atoms with van der Waals surface area (Å²) in [5.74, 6) is -0.0674. The number of carbonyl (C=O) groups is 1. The number of benzene rings is 1. The van der Waals surface area contributed by atoms with Gasteiger partial charge < -0.3 is 19.5 Å². The van der Waals surface area contributed by atoms with Crippen LogP contribution in [-0.4, -0.2) is 36.8 Å². The van der Waals surface area contributed by atoms with Crippen LogP contribution < -0.4 is 26.0 Å². The Morgan fingerprint density at radius 1 is 1.12 bits per heavy atom. The third-order valence-electron chi connectivity index (χ3n) is 4.47. The van der Waals surface area contributed by atoms with Crippen LogP contribution in [0.5, 0.6) is 11.5 Å². The molecule has 3 heterocycles. The zero-order valence-electron chi connectivity index (χ0n) is 14.0. The first-order valence-electron chi connectivity index (χ1n) is 7.79. The number of methoxy groups -OCH3 is 2. The summed E-state index contributed by atoms with van der Waals surface area (Å²) in [5, 5.41) is 2.92. The smallest absolute Gasteiger partial charge is 0.337 e. The normalized spacial score (nSPS) is 17.9. The number of ether oxygens (including phenoxy) is 3. The summed E-state index contributed by atoms with van der Waals surface area (Å²) in [4.78, 5) is 41.4. The van der Waals surface area contributed by atoms with E-state index in [9.17, 15) is 14.4 Å². The number of carbonyl (C=O) groups excluding carboxylic acids is 1. The quantitative estimate of drug-likeness (QED) is 0.682. The number of fused-ring (bicyclic) bond motifs is 1. The van der Waals surface area contributed by atoms with Crippen LogP contribution in [0.1, 0.15) is 17.0 Å². The molecule has 0 saturated carbocycles. The number of nitrogens with one attached hydrogen (secondary N) is 3. The van der Waals surface area contributed by atoms with Crippen molar-refractivity contribution in [1.29, 1.82) is 0 Å². The molecule has 0 radical (unpaired) electrons. The molecule has 9 nitrogen and oxygen atoms in total. The van der Waals surface area contributed by atoms with Crippen LogP contribution in [0.15, 0.2) is 39.1 Å². The molecule has 1 atom stereocenters. The summed E-state index contributed by atoms with van der Waals surface area (Å²) >= 11 is 0. The first kappa shape index (κ1) is 16.0. The second kappa shape index (κ2) is 5.80. The van der Waals surface area contributed by atoms with E-state index in [2.05, 4.69) is 15.3 Å². The fourth-order valence-electron chi connectivity index (χ4n) is 3.35. The van der Waals surface area contributed by atoms with E-state index in [1.807, 2.05) is 0 Å². The number of rotatable bonds is 3. The van der Waals surface area contributed by atoms with Crippen molar-refractivity contribution in [2.75, 3.05) is 26.1 Å². The molecule has 1 unspecified atom stereocenters. The van der Waals surface area contributed by atoms with Crippen LogP contribution in [0.4, 0.5) is 5.82 Å². The lowest BCUT2D eigenvalue weighted by atomic mass is 9.82. The molecule has 4 rings (SSSR count). The Labute approximate surface area is 146 Å². The second-order valence-corrected chi connectivity index (χ2v) is 5.83. The SMILES string of the molecule is COc1ccc(OC)c(C2C3=C(COC3=O)Nc3[nH]c(=O)[nH]c(=O)c32)c1. The standard InChI is InChI=1S/C17H15N3O6/c1-24-7-3-4-10(25-2)8(5-7)11-12-9(6-26-16(12)22)18-14-13(11)15(21)20-17(23)19-14/h3-5,11H,6H2,1-2H3,(H3,18,19,20,21,23). The Kier molecular flexibility index (Phi) is 3.57. The molecule has 26 heavy (non-hydrogen) atoms. The maximum atomic E-state index is 12.6. The van der Waals surface area contributed by atoms with Gasteiger partial charge in [0.15, 0.2) is 0 Å². The average Bonchev–Trinajstić information content (AvgIpc) is 2.99. The van der Waals surface area contributed by atoms with Crippen LogP contribution in [0, 0.1) is 0 Å². The monoisotopic (exact) mass is 357 g/mol. The largest absolute Gasteiger partial charge is 0.497 e. The van der Waals surface area contributed by atoms with E-state index < -0.39 is 23.1 Å². The van der Waals surface area contributed by atoms with Gasteiger partial charge in [-0.25, -0.2) is 9.59 Å². The molecule has 2 aliphatic rings. The summed E-state index contributed by atoms with van der Waals surface area (Å²) in [7, 11) is 3.01. The van der Waals surface area contributed by atoms with Crippen molar-refractivity contribution in [1.82, 2.24) is 9.97 Å². The summed E-state index contributed by atoms with van der Waals surface area (Å²) in [6, 6.07) is 5.10. The summed E-state index contributed by atoms with van der Waals surface area (Å²) < 4.78 is 15.8. The number of hydrogen-bond acceptors (Lipinski definition) is 7. The molecule has 0 fully saturated rings. The second-order valence-electron chi connectivity index (χ2n) is 5.83. The highest BCUT2D eigenvalue weighted by molar-refractivity contribution is 5.97. The first-order chi connectivity index (χ1) is 12.5. The number of aromatic nitrogens is 2. The van der Waals surface area contributed by atoms with Crippen LogP contribution in [0.25, 0.3) is 0 Å². The van der Waals surface area contributed by atoms with Crippen LogP contribution in [0.3, 0.4) is 0 Å². The van der Waals surface area contributed by atoms with E-state index in [4.69, 9.17) is 14.2 Å². The molecule has 0 saturated heterocycles. The molecule has 0 aliphatic carbocycles. The average molecular weight is 357 g/mol. The summed E-state index contributed by atoms with van der Waals surface area (Å²) in [6.45, 7) is 0.0330. The molecule has 1 aromatic carbocycles. The number of H-pyrrole nitrogens is 2. The van der Waals surface area contributed by atoms with Gasteiger partial charge >= 0.3 is 11.7 Å². The van der Waals surface area contributed by atoms with Gasteiger partial charge in [-0.3, -0.25) is 14.8 Å². The molecule has 134 valence electrons. The van der Waals surface area contributed by atoms with Gasteiger partial charge in [-0.2, -0.15) is 0 Å². The van der Waals surface area contributed by atoms with Gasteiger partial charge in [0.05, 0.1) is 37.0 Å². The van der Waals surface area contributed by atoms with Crippen molar-refractivity contribution in [3.05, 3.63) is 61.4 Å². The van der Waals surface area contributed by atoms with E-state index in [0.29, 0.717) is 28.3 Å². The highest BCUT2D eigenvalue weighted by Gasteiger charge is 2.41. The number of aromatic amines is 2. The highest BCUT2D eigenvalue weighted by atomic mass is 16.5. The Morgan fingerprint density at radius 2 is 1.92 bits per heavy atom. The van der Waals surface area contributed by atoms with Gasteiger partial charge in [0.1, 0.15) is 23.9 Å². The summed E-state index contributed by atoms with van der Waals surface area (Å²) in [6.07, 6.45) is 0. The highest BCUT2D eigenvalue weighted by Crippen LogP contribution is 2.45. The molecule has 2 aliphatic heterocycles. The van der Waals surface area contributed by atoms with E-state index in [0.717, 1.165) is 0 Å². The van der Waals surface area contributed by atoms with Gasteiger partial charge in [0.25, 0.3) is 5.56 Å². The molecule has 3 N–H and O–H groups in total. The van der Waals surface area contributed by atoms with Crippen molar-refractivity contribution in [3.63, 3.8) is 0 Å². The fourth-order valence-corrected chi connectivity index (χ4v) is 3.35. The molecule has 2 aromatic rings. The van der Waals surface area contributed by atoms with E-state index in [1.54, 1.807) is 18.2 Å². The predicted octanol–water partition coefficient (Wildman–Crippen LogP) is 0.449. The molecule has 0 bridgehead atoms. The zero-order valence-corrected chi connectivity index (χ0v) is 14.0. The van der Waals surface area contributed by atoms with Gasteiger partial charge in [0.2, 0.25) is 0 Å². The third-order valence-corrected chi connectivity index (χ3v) is 4.47. The molecule has 0 amide bonds. The Hall–Kier alpha value is -3.49. The van der Waals surface area contributed by atoms with Gasteiger partial charge in [-0.1, -0.05) is 0 Å². The number of cyclic esters (lactones) is 1. The number of anilines is 1. The maximum Gasteiger partial charge on any atom is 0.337 e. The van der Waals surface area contributed by atoms with Crippen molar-refractivity contribution in [2.24, 2.45) is 0 Å². The van der Waals surface area contributed by atoms with Crippen LogP contribution in [-0.2, 0) is 9.53 Å². The minimum Gasteiger partial charge on any atom is -0.497 e. The van der Waals surface area contributed by atoms with Crippen LogP contribution >= 0.6 is 0 Å². The van der Waals surface area contributed by atoms with Crippen molar-refractivity contribution >= 4 is 11.8 Å². The molecule has 1 aromatic heterocycles. The van der Waals surface area contributed by atoms with Gasteiger partial charge in [0, 0.05) is 5.56 Å². The van der Waals surface area contributed by atoms with E-state index in [-0.39, 0.29) is 18.0 Å². The predicted molar refractivity (Wildman–Crippen MR) is 90.7 cm³/mol. The molecule has 9 heteroatoms. The van der Waals surface area contributed by atoms with Crippen molar-refractivity contribution in [3.8, 4) is 11.5 Å². The molecular formula is C17H15N3O6. The zero-order chi connectivity index (χ0) is 18.4. The van der Waals surface area contributed by atoms with Crippen molar-refractivity contribution < 1.29 is 19.0 Å². The third kappa shape index (κ3) is 2.28. The maximum absolute atomic E-state index is 12.6. The fraction of sp³-hybridized carbons (Fsp3) is 0.235. The Balaban J connectivity index is 2.05. The first-order valence-corrected chi connectivity index (χ1v) is 7.79. The van der Waals surface area contributed by atoms with Gasteiger partial charge in [-0.05, 0) is 18.2 Å².